The third kappa shape index (κ3) is 3.57. The van der Waals surface area contributed by atoms with E-state index in [1.54, 1.807) is 7.05 Å². The number of rotatable bonds is 5. The van der Waals surface area contributed by atoms with Gasteiger partial charge < -0.3 is 20.1 Å². The number of hydrogen-bond donors (Lipinski definition) is 2. The highest BCUT2D eigenvalue weighted by molar-refractivity contribution is 5.65. The number of piperazine rings is 1. The first kappa shape index (κ1) is 13.6. The summed E-state index contributed by atoms with van der Waals surface area (Å²) < 4.78 is 5.76. The lowest BCUT2D eigenvalue weighted by atomic mass is 9.88. The first-order valence-electron chi connectivity index (χ1n) is 6.67. The standard InChI is InChI=1S/C12H23N3O3/c1-14(12(16)17)10-8-11(9-10)18-7-6-15-4-2-13-3-5-15/h10-11,13H,2-9H2,1H3,(H,16,17). The van der Waals surface area contributed by atoms with E-state index < -0.39 is 6.09 Å². The lowest BCUT2D eigenvalue weighted by molar-refractivity contribution is -0.0462. The Kier molecular flexibility index (Phi) is 4.79. The number of hydrogen-bond acceptors (Lipinski definition) is 4. The SMILES string of the molecule is CN(C(=O)O)C1CC(OCCN2CCNCC2)C1. The molecular weight excluding hydrogens is 234 g/mol. The highest BCUT2D eigenvalue weighted by atomic mass is 16.5. The topological polar surface area (TPSA) is 65.0 Å². The largest absolute Gasteiger partial charge is 0.465 e. The molecule has 6 heteroatoms. The van der Waals surface area contributed by atoms with Crippen LogP contribution in [-0.4, -0.2) is 79.5 Å². The molecule has 2 rings (SSSR count). The second kappa shape index (κ2) is 6.36. The zero-order valence-electron chi connectivity index (χ0n) is 11.0. The molecule has 18 heavy (non-hydrogen) atoms. The highest BCUT2D eigenvalue weighted by Crippen LogP contribution is 2.27. The molecule has 1 saturated heterocycles. The van der Waals surface area contributed by atoms with Crippen LogP contribution in [0.2, 0.25) is 0 Å². The van der Waals surface area contributed by atoms with Gasteiger partial charge in [-0.1, -0.05) is 0 Å². The molecule has 0 spiro atoms. The molecule has 2 N–H and O–H groups in total. The van der Waals surface area contributed by atoms with Crippen LogP contribution in [0, 0.1) is 0 Å². The van der Waals surface area contributed by atoms with E-state index in [1.165, 1.54) is 4.90 Å². The van der Waals surface area contributed by atoms with Crippen LogP contribution in [0.4, 0.5) is 4.79 Å². The smallest absolute Gasteiger partial charge is 0.407 e. The van der Waals surface area contributed by atoms with Crippen molar-refractivity contribution in [3.05, 3.63) is 0 Å². The van der Waals surface area contributed by atoms with Gasteiger partial charge in [0.1, 0.15) is 0 Å². The molecule has 104 valence electrons. The molecular formula is C12H23N3O3. The summed E-state index contributed by atoms with van der Waals surface area (Å²) in [6.07, 6.45) is 1.08. The van der Waals surface area contributed by atoms with Gasteiger partial charge in [0.25, 0.3) is 0 Å². The third-order valence-electron chi connectivity index (χ3n) is 3.89. The van der Waals surface area contributed by atoms with Gasteiger partial charge in [-0.05, 0) is 12.8 Å². The molecule has 1 heterocycles. The van der Waals surface area contributed by atoms with E-state index >= 15 is 0 Å². The van der Waals surface area contributed by atoms with Crippen molar-refractivity contribution >= 4 is 6.09 Å². The van der Waals surface area contributed by atoms with Crippen LogP contribution in [0.5, 0.6) is 0 Å². The van der Waals surface area contributed by atoms with Crippen molar-refractivity contribution in [1.82, 2.24) is 15.1 Å². The fourth-order valence-corrected chi connectivity index (χ4v) is 2.43. The molecule has 1 aliphatic heterocycles. The van der Waals surface area contributed by atoms with E-state index in [9.17, 15) is 4.79 Å². The van der Waals surface area contributed by atoms with Crippen molar-refractivity contribution < 1.29 is 14.6 Å². The van der Waals surface area contributed by atoms with Gasteiger partial charge in [-0.25, -0.2) is 4.79 Å². The Labute approximate surface area is 108 Å². The number of nitrogens with zero attached hydrogens (tertiary/aromatic N) is 2. The molecule has 1 amide bonds. The summed E-state index contributed by atoms with van der Waals surface area (Å²) in [7, 11) is 1.63. The summed E-state index contributed by atoms with van der Waals surface area (Å²) in [6.45, 7) is 6.06. The molecule has 0 radical (unpaired) electrons. The molecule has 6 nitrogen and oxygen atoms in total. The molecule has 0 atom stereocenters. The van der Waals surface area contributed by atoms with Crippen LogP contribution in [0.3, 0.4) is 0 Å². The van der Waals surface area contributed by atoms with E-state index in [-0.39, 0.29) is 12.1 Å². The Morgan fingerprint density at radius 2 is 2.11 bits per heavy atom. The fraction of sp³-hybridized carbons (Fsp3) is 0.917. The van der Waals surface area contributed by atoms with Crippen molar-refractivity contribution in [3.8, 4) is 0 Å². The van der Waals surface area contributed by atoms with Crippen LogP contribution < -0.4 is 5.32 Å². The summed E-state index contributed by atoms with van der Waals surface area (Å²) in [5.74, 6) is 0. The van der Waals surface area contributed by atoms with Crippen LogP contribution in [0.15, 0.2) is 0 Å². The zero-order valence-corrected chi connectivity index (χ0v) is 11.0. The summed E-state index contributed by atoms with van der Waals surface area (Å²) in [5, 5.41) is 12.1. The first-order chi connectivity index (χ1) is 8.66. The predicted octanol–water partition coefficient (Wildman–Crippen LogP) is 0.0490. The van der Waals surface area contributed by atoms with Gasteiger partial charge in [-0.2, -0.15) is 0 Å². The summed E-state index contributed by atoms with van der Waals surface area (Å²) in [6, 6.07) is 0.145. The maximum Gasteiger partial charge on any atom is 0.407 e. The first-order valence-corrected chi connectivity index (χ1v) is 6.67. The Balaban J connectivity index is 1.53. The van der Waals surface area contributed by atoms with Gasteiger partial charge in [0, 0.05) is 45.8 Å². The van der Waals surface area contributed by atoms with Gasteiger partial charge in [-0.3, -0.25) is 4.90 Å². The zero-order chi connectivity index (χ0) is 13.0. The molecule has 0 bridgehead atoms. The van der Waals surface area contributed by atoms with Gasteiger partial charge in [0.2, 0.25) is 0 Å². The Bertz CT molecular complexity index is 276. The monoisotopic (exact) mass is 257 g/mol. The molecule has 0 aromatic heterocycles. The normalized spacial score (nSPS) is 28.7. The molecule has 2 fully saturated rings. The molecule has 0 unspecified atom stereocenters. The molecule has 1 saturated carbocycles. The average molecular weight is 257 g/mol. The number of ether oxygens (including phenoxy) is 1. The van der Waals surface area contributed by atoms with Crippen molar-refractivity contribution in [2.45, 2.75) is 25.0 Å². The van der Waals surface area contributed by atoms with E-state index in [1.807, 2.05) is 0 Å². The maximum atomic E-state index is 10.7. The number of carbonyl (C=O) groups is 1. The highest BCUT2D eigenvalue weighted by Gasteiger charge is 2.34. The van der Waals surface area contributed by atoms with Gasteiger partial charge in [0.05, 0.1) is 12.7 Å². The van der Waals surface area contributed by atoms with Gasteiger partial charge in [-0.15, -0.1) is 0 Å². The second-order valence-corrected chi connectivity index (χ2v) is 5.10. The minimum Gasteiger partial charge on any atom is -0.465 e. The van der Waals surface area contributed by atoms with E-state index in [4.69, 9.17) is 9.84 Å². The average Bonchev–Trinajstić information content (AvgIpc) is 2.32. The number of carboxylic acid groups (broad SMARTS) is 1. The van der Waals surface area contributed by atoms with Crippen molar-refractivity contribution in [2.75, 3.05) is 46.4 Å². The van der Waals surface area contributed by atoms with E-state index in [0.717, 1.165) is 52.2 Å². The maximum absolute atomic E-state index is 10.7. The number of amides is 1. The summed E-state index contributed by atoms with van der Waals surface area (Å²) >= 11 is 0. The van der Waals surface area contributed by atoms with Crippen LogP contribution >= 0.6 is 0 Å². The van der Waals surface area contributed by atoms with Crippen molar-refractivity contribution in [3.63, 3.8) is 0 Å². The lowest BCUT2D eigenvalue weighted by Crippen LogP contribution is -2.49. The van der Waals surface area contributed by atoms with Gasteiger partial charge >= 0.3 is 6.09 Å². The van der Waals surface area contributed by atoms with Crippen LogP contribution in [0.25, 0.3) is 0 Å². The van der Waals surface area contributed by atoms with Crippen molar-refractivity contribution in [1.29, 1.82) is 0 Å². The number of nitrogens with one attached hydrogen (secondary N) is 1. The molecule has 2 aliphatic rings. The summed E-state index contributed by atoms with van der Waals surface area (Å²) in [5.41, 5.74) is 0. The molecule has 0 aromatic rings. The lowest BCUT2D eigenvalue weighted by Gasteiger charge is -2.40. The van der Waals surface area contributed by atoms with Crippen LogP contribution in [0.1, 0.15) is 12.8 Å². The quantitative estimate of drug-likeness (QED) is 0.728. The summed E-state index contributed by atoms with van der Waals surface area (Å²) in [4.78, 5) is 14.5. The Morgan fingerprint density at radius 3 is 2.72 bits per heavy atom. The molecule has 1 aliphatic carbocycles. The molecule has 0 aromatic carbocycles. The Morgan fingerprint density at radius 1 is 1.44 bits per heavy atom. The van der Waals surface area contributed by atoms with E-state index in [2.05, 4.69) is 10.2 Å². The fourth-order valence-electron chi connectivity index (χ4n) is 2.43. The van der Waals surface area contributed by atoms with Crippen LogP contribution in [-0.2, 0) is 4.74 Å². The second-order valence-electron chi connectivity index (χ2n) is 5.10. The predicted molar refractivity (Wildman–Crippen MR) is 67.9 cm³/mol. The van der Waals surface area contributed by atoms with Gasteiger partial charge in [0.15, 0.2) is 0 Å². The third-order valence-corrected chi connectivity index (χ3v) is 3.89. The minimum atomic E-state index is -0.848. The Hall–Kier alpha value is -0.850. The minimum absolute atomic E-state index is 0.145. The van der Waals surface area contributed by atoms with E-state index in [0.29, 0.717) is 0 Å². The van der Waals surface area contributed by atoms with Crippen molar-refractivity contribution in [2.24, 2.45) is 0 Å².